The number of hydrogen-bond donors (Lipinski definition) is 3. The number of hydrogen-bond acceptors (Lipinski definition) is 4. The van der Waals surface area contributed by atoms with E-state index in [0.717, 1.165) is 16.8 Å². The first kappa shape index (κ1) is 16.9. The van der Waals surface area contributed by atoms with Crippen LogP contribution in [0.1, 0.15) is 18.1 Å². The van der Waals surface area contributed by atoms with Gasteiger partial charge in [-0.05, 0) is 38.2 Å². The molecule has 0 saturated heterocycles. The summed E-state index contributed by atoms with van der Waals surface area (Å²) >= 11 is 1.55. The highest BCUT2D eigenvalue weighted by molar-refractivity contribution is 7.99. The van der Waals surface area contributed by atoms with Crippen molar-refractivity contribution < 1.29 is 9.90 Å². The number of aliphatic hydroxyl groups excluding tert-OH is 1. The van der Waals surface area contributed by atoms with Gasteiger partial charge in [-0.3, -0.25) is 4.79 Å². The Bertz CT molecular complexity index is 427. The van der Waals surface area contributed by atoms with Crippen LogP contribution in [0.3, 0.4) is 0 Å². The molecule has 4 nitrogen and oxygen atoms in total. The van der Waals surface area contributed by atoms with Crippen LogP contribution in [0.15, 0.2) is 18.2 Å². The van der Waals surface area contributed by atoms with E-state index < -0.39 is 0 Å². The number of aliphatic hydroxyl groups is 1. The van der Waals surface area contributed by atoms with Crippen molar-refractivity contribution in [2.75, 3.05) is 24.7 Å². The molecule has 1 aromatic carbocycles. The zero-order valence-electron chi connectivity index (χ0n) is 12.6. The maximum atomic E-state index is 11.9. The Morgan fingerprint density at radius 1 is 1.35 bits per heavy atom. The number of amides is 1. The molecule has 0 aromatic heterocycles. The Morgan fingerprint density at radius 3 is 2.45 bits per heavy atom. The zero-order chi connectivity index (χ0) is 15.1. The molecule has 0 spiro atoms. The van der Waals surface area contributed by atoms with Crippen molar-refractivity contribution in [1.29, 1.82) is 0 Å². The minimum atomic E-state index is -0.0624. The van der Waals surface area contributed by atoms with Crippen LogP contribution < -0.4 is 10.6 Å². The fraction of sp³-hybridized carbons (Fsp3) is 0.533. The van der Waals surface area contributed by atoms with Crippen molar-refractivity contribution in [2.24, 2.45) is 0 Å². The molecule has 2 atom stereocenters. The summed E-state index contributed by atoms with van der Waals surface area (Å²) < 4.78 is 0. The molecule has 1 aromatic rings. The quantitative estimate of drug-likeness (QED) is 0.720. The largest absolute Gasteiger partial charge is 0.395 e. The average Bonchev–Trinajstić information content (AvgIpc) is 2.39. The summed E-state index contributed by atoms with van der Waals surface area (Å²) in [5.41, 5.74) is 3.27. The molecule has 0 aliphatic heterocycles. The van der Waals surface area contributed by atoms with E-state index in [4.69, 9.17) is 0 Å². The zero-order valence-corrected chi connectivity index (χ0v) is 13.4. The van der Waals surface area contributed by atoms with Crippen LogP contribution in [0.5, 0.6) is 0 Å². The van der Waals surface area contributed by atoms with Crippen molar-refractivity contribution >= 4 is 23.4 Å². The highest BCUT2D eigenvalue weighted by Gasteiger charge is 2.17. The second kappa shape index (κ2) is 8.17. The number of aryl methyl sites for hydroxylation is 2. The molecule has 112 valence electrons. The average molecular weight is 296 g/mol. The second-order valence-corrected chi connectivity index (χ2v) is 6.01. The van der Waals surface area contributed by atoms with Crippen molar-refractivity contribution in [3.05, 3.63) is 29.3 Å². The van der Waals surface area contributed by atoms with Crippen molar-refractivity contribution in [1.82, 2.24) is 5.32 Å². The number of carbonyl (C=O) groups excluding carboxylic acids is 1. The van der Waals surface area contributed by atoms with Gasteiger partial charge in [0.1, 0.15) is 0 Å². The summed E-state index contributed by atoms with van der Waals surface area (Å²) in [6.07, 6.45) is 1.93. The highest BCUT2D eigenvalue weighted by atomic mass is 32.2. The van der Waals surface area contributed by atoms with E-state index in [0.29, 0.717) is 0 Å². The van der Waals surface area contributed by atoms with Gasteiger partial charge >= 0.3 is 0 Å². The molecule has 1 rings (SSSR count). The Morgan fingerprint density at radius 2 is 1.95 bits per heavy atom. The van der Waals surface area contributed by atoms with Gasteiger partial charge in [-0.15, -0.1) is 0 Å². The third kappa shape index (κ3) is 4.72. The number of rotatable bonds is 7. The van der Waals surface area contributed by atoms with Gasteiger partial charge in [0.25, 0.3) is 0 Å². The third-order valence-corrected chi connectivity index (χ3v) is 4.50. The monoisotopic (exact) mass is 296 g/mol. The summed E-state index contributed by atoms with van der Waals surface area (Å²) in [5.74, 6) is -0.0624. The van der Waals surface area contributed by atoms with Crippen LogP contribution in [-0.2, 0) is 4.79 Å². The lowest BCUT2D eigenvalue weighted by molar-refractivity contribution is -0.120. The molecule has 20 heavy (non-hydrogen) atoms. The van der Waals surface area contributed by atoms with Gasteiger partial charge in [-0.2, -0.15) is 11.8 Å². The maximum absolute atomic E-state index is 11.9. The molecule has 0 heterocycles. The normalized spacial score (nSPS) is 13.7. The SMILES string of the molecule is CSC(CO)C(C)NC(=O)CNc1c(C)cccc1C. The van der Waals surface area contributed by atoms with Gasteiger partial charge in [-0.25, -0.2) is 0 Å². The van der Waals surface area contributed by atoms with Crippen molar-refractivity contribution in [3.63, 3.8) is 0 Å². The number of para-hydroxylation sites is 1. The fourth-order valence-corrected chi connectivity index (χ4v) is 2.72. The summed E-state index contributed by atoms with van der Waals surface area (Å²) in [7, 11) is 0. The van der Waals surface area contributed by atoms with Crippen molar-refractivity contribution in [2.45, 2.75) is 32.1 Å². The van der Waals surface area contributed by atoms with E-state index in [9.17, 15) is 9.90 Å². The number of nitrogens with one attached hydrogen (secondary N) is 2. The van der Waals surface area contributed by atoms with Gasteiger partial charge in [0.2, 0.25) is 5.91 Å². The summed E-state index contributed by atoms with van der Waals surface area (Å²) in [6.45, 7) is 6.25. The van der Waals surface area contributed by atoms with Crippen LogP contribution >= 0.6 is 11.8 Å². The first-order valence-corrected chi connectivity index (χ1v) is 8.01. The first-order chi connectivity index (χ1) is 9.49. The third-order valence-electron chi connectivity index (χ3n) is 3.34. The topological polar surface area (TPSA) is 61.4 Å². The maximum Gasteiger partial charge on any atom is 0.239 e. The minimum absolute atomic E-state index is 0.0270. The van der Waals surface area contributed by atoms with Gasteiger partial charge in [0.05, 0.1) is 13.2 Å². The van der Waals surface area contributed by atoms with Crippen molar-refractivity contribution in [3.8, 4) is 0 Å². The molecule has 5 heteroatoms. The fourth-order valence-electron chi connectivity index (χ4n) is 2.10. The molecule has 2 unspecified atom stereocenters. The molecule has 1 amide bonds. The van der Waals surface area contributed by atoms with E-state index in [-0.39, 0.29) is 30.4 Å². The smallest absolute Gasteiger partial charge is 0.239 e. The van der Waals surface area contributed by atoms with E-state index in [2.05, 4.69) is 10.6 Å². The number of anilines is 1. The number of benzene rings is 1. The van der Waals surface area contributed by atoms with Gasteiger partial charge in [0, 0.05) is 17.0 Å². The molecule has 0 aliphatic carbocycles. The van der Waals surface area contributed by atoms with Crippen LogP contribution in [-0.4, -0.2) is 41.7 Å². The predicted octanol–water partition coefficient (Wildman–Crippen LogP) is 1.94. The lowest BCUT2D eigenvalue weighted by atomic mass is 10.1. The molecule has 3 N–H and O–H groups in total. The van der Waals surface area contributed by atoms with Gasteiger partial charge in [0.15, 0.2) is 0 Å². The predicted molar refractivity (Wildman–Crippen MR) is 86.4 cm³/mol. The van der Waals surface area contributed by atoms with E-state index in [1.165, 1.54) is 0 Å². The molecule has 0 radical (unpaired) electrons. The molecule has 0 aliphatic rings. The molecular weight excluding hydrogens is 272 g/mol. The van der Waals surface area contributed by atoms with Gasteiger partial charge in [-0.1, -0.05) is 18.2 Å². The van der Waals surface area contributed by atoms with Crippen LogP contribution in [0.2, 0.25) is 0 Å². The highest BCUT2D eigenvalue weighted by Crippen LogP contribution is 2.18. The lowest BCUT2D eigenvalue weighted by Crippen LogP contribution is -2.43. The van der Waals surface area contributed by atoms with E-state index >= 15 is 0 Å². The lowest BCUT2D eigenvalue weighted by Gasteiger charge is -2.21. The Hall–Kier alpha value is -1.20. The Kier molecular flexibility index (Phi) is 6.88. The van der Waals surface area contributed by atoms with Gasteiger partial charge < -0.3 is 15.7 Å². The molecule has 0 fully saturated rings. The molecule has 0 bridgehead atoms. The number of carbonyl (C=O) groups is 1. The van der Waals surface area contributed by atoms with E-state index in [1.54, 1.807) is 11.8 Å². The standard InChI is InChI=1S/C15H24N2O2S/c1-10-6-5-7-11(2)15(10)16-8-14(19)17-12(3)13(9-18)20-4/h5-7,12-13,16,18H,8-9H2,1-4H3,(H,17,19). The van der Waals surface area contributed by atoms with Crippen LogP contribution in [0.4, 0.5) is 5.69 Å². The van der Waals surface area contributed by atoms with E-state index in [1.807, 2.05) is 45.2 Å². The minimum Gasteiger partial charge on any atom is -0.395 e. The molecule has 0 saturated carbocycles. The second-order valence-electron chi connectivity index (χ2n) is 4.93. The summed E-state index contributed by atoms with van der Waals surface area (Å²) in [5, 5.41) is 15.3. The number of thioether (sulfide) groups is 1. The first-order valence-electron chi connectivity index (χ1n) is 6.72. The summed E-state index contributed by atoms with van der Waals surface area (Å²) in [4.78, 5) is 11.9. The Balaban J connectivity index is 2.52. The Labute approximate surface area is 125 Å². The summed E-state index contributed by atoms with van der Waals surface area (Å²) in [6, 6.07) is 5.99. The molecular formula is C15H24N2O2S. The van der Waals surface area contributed by atoms with Crippen LogP contribution in [0.25, 0.3) is 0 Å². The van der Waals surface area contributed by atoms with Crippen LogP contribution in [0, 0.1) is 13.8 Å².